The van der Waals surface area contributed by atoms with Gasteiger partial charge in [-0.3, -0.25) is 4.98 Å². The number of rotatable bonds is 7. The Morgan fingerprint density at radius 2 is 2.12 bits per heavy atom. The number of hydrogen-bond acceptors (Lipinski definition) is 2. The molecule has 0 spiro atoms. The molecule has 2 nitrogen and oxygen atoms in total. The van der Waals surface area contributed by atoms with Gasteiger partial charge < -0.3 is 5.73 Å². The zero-order chi connectivity index (χ0) is 12.7. The first-order valence-corrected chi connectivity index (χ1v) is 6.44. The van der Waals surface area contributed by atoms with E-state index in [1.807, 2.05) is 12.3 Å². The molecule has 2 N–H and O–H groups in total. The van der Waals surface area contributed by atoms with E-state index in [9.17, 15) is 0 Å². The van der Waals surface area contributed by atoms with Gasteiger partial charge in [0, 0.05) is 12.2 Å². The van der Waals surface area contributed by atoms with Crippen molar-refractivity contribution in [3.05, 3.63) is 41.7 Å². The van der Waals surface area contributed by atoms with Crippen molar-refractivity contribution in [2.75, 3.05) is 0 Å². The number of aryl methyl sites for hydroxylation is 2. The van der Waals surface area contributed by atoms with E-state index in [0.29, 0.717) is 0 Å². The van der Waals surface area contributed by atoms with Gasteiger partial charge in [0.1, 0.15) is 0 Å². The fourth-order valence-corrected chi connectivity index (χ4v) is 2.08. The van der Waals surface area contributed by atoms with Gasteiger partial charge in [0.2, 0.25) is 0 Å². The largest absolute Gasteiger partial charge is 0.323 e. The van der Waals surface area contributed by atoms with Crippen LogP contribution in [0.4, 0.5) is 0 Å². The molecule has 0 saturated heterocycles. The zero-order valence-corrected chi connectivity index (χ0v) is 11.1. The molecule has 0 aliphatic heterocycles. The van der Waals surface area contributed by atoms with Crippen molar-refractivity contribution in [2.24, 2.45) is 5.73 Å². The second kappa shape index (κ2) is 7.23. The van der Waals surface area contributed by atoms with Gasteiger partial charge in [0.05, 0.1) is 5.69 Å². The van der Waals surface area contributed by atoms with E-state index >= 15 is 0 Å². The minimum absolute atomic E-state index is 0.0827. The molecule has 0 aromatic carbocycles. The maximum atomic E-state index is 6.18. The number of hydrogen-bond donors (Lipinski definition) is 1. The Bertz CT molecular complexity index is 358. The predicted molar refractivity (Wildman–Crippen MR) is 73.9 cm³/mol. The van der Waals surface area contributed by atoms with Gasteiger partial charge in [-0.2, -0.15) is 0 Å². The van der Waals surface area contributed by atoms with E-state index in [2.05, 4.69) is 31.5 Å². The summed E-state index contributed by atoms with van der Waals surface area (Å²) in [4.78, 5) is 4.45. The highest BCUT2D eigenvalue weighted by atomic mass is 14.8. The summed E-state index contributed by atoms with van der Waals surface area (Å²) in [7, 11) is 0. The van der Waals surface area contributed by atoms with Gasteiger partial charge in [-0.05, 0) is 44.2 Å². The maximum Gasteiger partial charge on any atom is 0.0600 e. The van der Waals surface area contributed by atoms with Crippen LogP contribution in [-0.2, 0) is 0 Å². The van der Waals surface area contributed by atoms with Crippen LogP contribution < -0.4 is 5.73 Å². The van der Waals surface area contributed by atoms with Crippen molar-refractivity contribution in [2.45, 2.75) is 52.0 Å². The van der Waals surface area contributed by atoms with Crippen LogP contribution in [0.2, 0.25) is 0 Å². The Hall–Kier alpha value is -1.15. The van der Waals surface area contributed by atoms with Crippen molar-refractivity contribution in [3.8, 4) is 0 Å². The lowest BCUT2D eigenvalue weighted by atomic mass is 10.0. The van der Waals surface area contributed by atoms with Crippen LogP contribution in [-0.4, -0.2) is 4.98 Å². The summed E-state index contributed by atoms with van der Waals surface area (Å²) < 4.78 is 0. The standard InChI is InChI=1S/C15H24N2/c1-4-5-6-7-8-9-14(16)15-13(3)10-12(2)11-17-15/h4,10-11,14H,1,5-9,16H2,2-3H3. The van der Waals surface area contributed by atoms with Gasteiger partial charge >= 0.3 is 0 Å². The molecule has 1 atom stereocenters. The average Bonchev–Trinajstić information content (AvgIpc) is 2.28. The van der Waals surface area contributed by atoms with Gasteiger partial charge in [0.25, 0.3) is 0 Å². The Balaban J connectivity index is 2.41. The van der Waals surface area contributed by atoms with Crippen LogP contribution in [0.25, 0.3) is 0 Å². The summed E-state index contributed by atoms with van der Waals surface area (Å²) in [5.74, 6) is 0. The lowest BCUT2D eigenvalue weighted by Gasteiger charge is -2.13. The molecule has 0 bridgehead atoms. The second-order valence-corrected chi connectivity index (χ2v) is 4.75. The number of unbranched alkanes of at least 4 members (excludes halogenated alkanes) is 3. The van der Waals surface area contributed by atoms with Crippen LogP contribution in [0.1, 0.15) is 55.0 Å². The van der Waals surface area contributed by atoms with Crippen LogP contribution in [0.5, 0.6) is 0 Å². The first-order chi connectivity index (χ1) is 8.15. The molecule has 17 heavy (non-hydrogen) atoms. The quantitative estimate of drug-likeness (QED) is 0.573. The van der Waals surface area contributed by atoms with Crippen molar-refractivity contribution < 1.29 is 0 Å². The SMILES string of the molecule is C=CCCCCCC(N)c1ncc(C)cc1C. The second-order valence-electron chi connectivity index (χ2n) is 4.75. The monoisotopic (exact) mass is 232 g/mol. The van der Waals surface area contributed by atoms with E-state index in [0.717, 1.165) is 18.5 Å². The molecule has 2 heteroatoms. The minimum atomic E-state index is 0.0827. The molecule has 1 heterocycles. The molecule has 1 rings (SSSR count). The Morgan fingerprint density at radius 1 is 1.35 bits per heavy atom. The summed E-state index contributed by atoms with van der Waals surface area (Å²) in [5.41, 5.74) is 9.64. The van der Waals surface area contributed by atoms with E-state index in [1.165, 1.54) is 30.4 Å². The molecule has 0 saturated carbocycles. The number of aromatic nitrogens is 1. The summed E-state index contributed by atoms with van der Waals surface area (Å²) in [6.07, 6.45) is 9.63. The molecule has 0 fully saturated rings. The van der Waals surface area contributed by atoms with Crippen molar-refractivity contribution >= 4 is 0 Å². The predicted octanol–water partition coefficient (Wildman–Crippen LogP) is 3.83. The van der Waals surface area contributed by atoms with Crippen molar-refractivity contribution in [1.29, 1.82) is 0 Å². The van der Waals surface area contributed by atoms with Crippen LogP contribution in [0.15, 0.2) is 24.9 Å². The van der Waals surface area contributed by atoms with Gasteiger partial charge in [-0.1, -0.05) is 25.0 Å². The fourth-order valence-electron chi connectivity index (χ4n) is 2.08. The zero-order valence-electron chi connectivity index (χ0n) is 11.1. The fraction of sp³-hybridized carbons (Fsp3) is 0.533. The highest BCUT2D eigenvalue weighted by Gasteiger charge is 2.09. The molecule has 1 aromatic heterocycles. The lowest BCUT2D eigenvalue weighted by Crippen LogP contribution is -2.13. The third-order valence-electron chi connectivity index (χ3n) is 3.03. The number of pyridine rings is 1. The molecule has 0 aliphatic rings. The average molecular weight is 232 g/mol. The van der Waals surface area contributed by atoms with Gasteiger partial charge in [0.15, 0.2) is 0 Å². The minimum Gasteiger partial charge on any atom is -0.323 e. The summed E-state index contributed by atoms with van der Waals surface area (Å²) in [5, 5.41) is 0. The Morgan fingerprint density at radius 3 is 2.76 bits per heavy atom. The third kappa shape index (κ3) is 4.70. The Kier molecular flexibility index (Phi) is 5.92. The molecular formula is C15H24N2. The van der Waals surface area contributed by atoms with E-state index in [1.54, 1.807) is 0 Å². The highest BCUT2D eigenvalue weighted by Crippen LogP contribution is 2.19. The summed E-state index contributed by atoms with van der Waals surface area (Å²) in [6.45, 7) is 7.88. The van der Waals surface area contributed by atoms with Crippen LogP contribution in [0, 0.1) is 13.8 Å². The number of nitrogens with two attached hydrogens (primary N) is 1. The topological polar surface area (TPSA) is 38.9 Å². The molecule has 0 aliphatic carbocycles. The highest BCUT2D eigenvalue weighted by molar-refractivity contribution is 5.25. The van der Waals surface area contributed by atoms with Gasteiger partial charge in [-0.25, -0.2) is 0 Å². The number of allylic oxidation sites excluding steroid dienone is 1. The summed E-state index contributed by atoms with van der Waals surface area (Å²) >= 11 is 0. The third-order valence-corrected chi connectivity index (χ3v) is 3.03. The molecule has 94 valence electrons. The van der Waals surface area contributed by atoms with Crippen LogP contribution in [0.3, 0.4) is 0 Å². The summed E-state index contributed by atoms with van der Waals surface area (Å²) in [6, 6.07) is 2.24. The molecule has 0 radical (unpaired) electrons. The first-order valence-electron chi connectivity index (χ1n) is 6.44. The van der Waals surface area contributed by atoms with Crippen molar-refractivity contribution in [1.82, 2.24) is 4.98 Å². The smallest absolute Gasteiger partial charge is 0.0600 e. The normalized spacial score (nSPS) is 12.4. The van der Waals surface area contributed by atoms with Crippen molar-refractivity contribution in [3.63, 3.8) is 0 Å². The van der Waals surface area contributed by atoms with Gasteiger partial charge in [-0.15, -0.1) is 6.58 Å². The lowest BCUT2D eigenvalue weighted by molar-refractivity contribution is 0.560. The maximum absolute atomic E-state index is 6.18. The Labute approximate surface area is 105 Å². The molecule has 1 unspecified atom stereocenters. The number of nitrogens with zero attached hydrogens (tertiary/aromatic N) is 1. The first kappa shape index (κ1) is 13.9. The van der Waals surface area contributed by atoms with E-state index in [-0.39, 0.29) is 6.04 Å². The molecule has 1 aromatic rings. The van der Waals surface area contributed by atoms with Crippen LogP contribution >= 0.6 is 0 Å². The molecule has 0 amide bonds. The van der Waals surface area contributed by atoms with E-state index < -0.39 is 0 Å². The molecular weight excluding hydrogens is 208 g/mol. The van der Waals surface area contributed by atoms with E-state index in [4.69, 9.17) is 5.73 Å².